The highest BCUT2D eigenvalue weighted by atomic mass is 31.2. The van der Waals surface area contributed by atoms with Gasteiger partial charge in [-0.05, 0) is 57.8 Å². The van der Waals surface area contributed by atoms with Crippen molar-refractivity contribution in [2.45, 2.75) is 264 Å². The van der Waals surface area contributed by atoms with Gasteiger partial charge in [0.25, 0.3) is 0 Å². The summed E-state index contributed by atoms with van der Waals surface area (Å²) in [6.45, 7) is 4.14. The van der Waals surface area contributed by atoms with Gasteiger partial charge in [0, 0.05) is 13.0 Å². The summed E-state index contributed by atoms with van der Waals surface area (Å²) in [5.74, 6) is -0.202. The fourth-order valence-electron chi connectivity index (χ4n) is 7.56. The number of allylic oxidation sites excluding steroid dienone is 5. The van der Waals surface area contributed by atoms with Gasteiger partial charge in [-0.15, -0.1) is 0 Å². The minimum absolute atomic E-state index is 0.0744. The number of nitrogens with one attached hydrogen (secondary N) is 1. The Morgan fingerprint density at radius 3 is 1.28 bits per heavy atom. The summed E-state index contributed by atoms with van der Waals surface area (Å²) >= 11 is 0. The van der Waals surface area contributed by atoms with E-state index < -0.39 is 20.0 Å². The van der Waals surface area contributed by atoms with E-state index in [0.29, 0.717) is 6.42 Å². The highest BCUT2D eigenvalue weighted by Gasteiger charge is 2.26. The molecule has 3 atom stereocenters. The molecule has 5 N–H and O–H groups in total. The molecule has 8 nitrogen and oxygen atoms in total. The summed E-state index contributed by atoms with van der Waals surface area (Å²) in [4.78, 5) is 22.8. The van der Waals surface area contributed by atoms with Crippen LogP contribution < -0.4 is 11.1 Å². The number of carbonyl (C=O) groups excluding carboxylic acids is 1. The third-order valence-electron chi connectivity index (χ3n) is 11.4. The highest BCUT2D eigenvalue weighted by Crippen LogP contribution is 2.43. The molecule has 3 unspecified atom stereocenters. The second kappa shape index (κ2) is 47.2. The summed E-state index contributed by atoms with van der Waals surface area (Å²) in [5.41, 5.74) is 5.39. The molecule has 354 valence electrons. The molecular formula is C51H99N2O6P. The van der Waals surface area contributed by atoms with Crippen molar-refractivity contribution in [3.8, 4) is 0 Å². The first-order valence-corrected chi connectivity index (χ1v) is 27.1. The average Bonchev–Trinajstić information content (AvgIpc) is 3.24. The number of hydrogen-bond acceptors (Lipinski definition) is 6. The van der Waals surface area contributed by atoms with Crippen LogP contribution in [0.2, 0.25) is 0 Å². The number of aliphatic hydroxyl groups excluding tert-OH is 1. The summed E-state index contributed by atoms with van der Waals surface area (Å²) in [7, 11) is -4.35. The third kappa shape index (κ3) is 44.8. The van der Waals surface area contributed by atoms with Crippen LogP contribution in [-0.2, 0) is 18.4 Å². The van der Waals surface area contributed by atoms with Crippen LogP contribution >= 0.6 is 7.82 Å². The minimum atomic E-state index is -4.35. The maximum Gasteiger partial charge on any atom is 0.472 e. The molecule has 0 radical (unpaired) electrons. The Balaban J connectivity index is 4.11. The Labute approximate surface area is 371 Å². The Hall–Kier alpha value is -1.28. The number of aliphatic hydroxyl groups is 1. The highest BCUT2D eigenvalue weighted by molar-refractivity contribution is 7.47. The average molecular weight is 867 g/mol. The Morgan fingerprint density at radius 1 is 0.533 bits per heavy atom. The molecule has 0 spiro atoms. The fraction of sp³-hybridized carbons (Fsp3) is 0.863. The first kappa shape index (κ1) is 58.7. The van der Waals surface area contributed by atoms with E-state index in [-0.39, 0.29) is 25.7 Å². The lowest BCUT2D eigenvalue weighted by Gasteiger charge is -2.23. The van der Waals surface area contributed by atoms with Crippen molar-refractivity contribution < 1.29 is 28.4 Å². The topological polar surface area (TPSA) is 131 Å². The summed E-state index contributed by atoms with van der Waals surface area (Å²) in [5, 5.41) is 13.7. The second-order valence-electron chi connectivity index (χ2n) is 17.4. The van der Waals surface area contributed by atoms with Crippen LogP contribution in [0.4, 0.5) is 0 Å². The number of phosphoric ester groups is 1. The summed E-state index contributed by atoms with van der Waals surface area (Å²) in [6, 6.07) is -0.877. The Morgan fingerprint density at radius 2 is 0.883 bits per heavy atom. The zero-order valence-corrected chi connectivity index (χ0v) is 40.3. The molecule has 9 heteroatoms. The summed E-state index contributed by atoms with van der Waals surface area (Å²) in [6.07, 6.45) is 57.8. The summed E-state index contributed by atoms with van der Waals surface area (Å²) < 4.78 is 22.2. The first-order valence-electron chi connectivity index (χ1n) is 25.6. The molecule has 0 aliphatic heterocycles. The van der Waals surface area contributed by atoms with Gasteiger partial charge >= 0.3 is 7.82 Å². The van der Waals surface area contributed by atoms with Gasteiger partial charge in [-0.1, -0.05) is 224 Å². The van der Waals surface area contributed by atoms with Crippen molar-refractivity contribution in [3.63, 3.8) is 0 Å². The van der Waals surface area contributed by atoms with E-state index in [1.807, 2.05) is 6.08 Å². The van der Waals surface area contributed by atoms with Crippen LogP contribution in [0.25, 0.3) is 0 Å². The number of rotatable bonds is 48. The van der Waals surface area contributed by atoms with Crippen LogP contribution in [0.1, 0.15) is 251 Å². The maximum atomic E-state index is 12.8. The molecule has 0 fully saturated rings. The lowest BCUT2D eigenvalue weighted by Crippen LogP contribution is -2.45. The van der Waals surface area contributed by atoms with Gasteiger partial charge < -0.3 is 21.1 Å². The van der Waals surface area contributed by atoms with Crippen molar-refractivity contribution in [2.75, 3.05) is 19.8 Å². The second-order valence-corrected chi connectivity index (χ2v) is 18.8. The quantitative estimate of drug-likeness (QED) is 0.0272. The zero-order chi connectivity index (χ0) is 43.9. The molecule has 1 amide bonds. The van der Waals surface area contributed by atoms with E-state index in [0.717, 1.165) is 38.5 Å². The van der Waals surface area contributed by atoms with Gasteiger partial charge in [-0.2, -0.15) is 0 Å². The van der Waals surface area contributed by atoms with Gasteiger partial charge in [0.2, 0.25) is 5.91 Å². The van der Waals surface area contributed by atoms with E-state index in [1.54, 1.807) is 6.08 Å². The van der Waals surface area contributed by atoms with E-state index >= 15 is 0 Å². The number of nitrogens with two attached hydrogens (primary N) is 1. The molecular weight excluding hydrogens is 768 g/mol. The SMILES string of the molecule is CCCCCCCCCC/C=C\CCCCCCCCCCCCCC(=O)NC(COP(=O)(O)OCCN)C(O)/C=C/CC/C=C/CCCCCCCCCCCCCC. The zero-order valence-electron chi connectivity index (χ0n) is 39.5. The first-order chi connectivity index (χ1) is 29.4. The van der Waals surface area contributed by atoms with Gasteiger partial charge in [0.1, 0.15) is 0 Å². The lowest BCUT2D eigenvalue weighted by atomic mass is 10.0. The maximum absolute atomic E-state index is 12.8. The Kier molecular flexibility index (Phi) is 46.2. The molecule has 0 aromatic rings. The molecule has 0 bridgehead atoms. The Bertz CT molecular complexity index is 1040. The van der Waals surface area contributed by atoms with Crippen molar-refractivity contribution in [2.24, 2.45) is 5.73 Å². The molecule has 60 heavy (non-hydrogen) atoms. The van der Waals surface area contributed by atoms with E-state index in [4.69, 9.17) is 14.8 Å². The number of phosphoric acid groups is 1. The monoisotopic (exact) mass is 867 g/mol. The van der Waals surface area contributed by atoms with Gasteiger partial charge in [0.15, 0.2) is 0 Å². The van der Waals surface area contributed by atoms with Crippen LogP contribution in [0, 0.1) is 0 Å². The molecule has 0 saturated carbocycles. The third-order valence-corrected chi connectivity index (χ3v) is 12.4. The standard InChI is InChI=1S/C51H99N2O6P/c1-3-5-7-9-11-13-15-17-19-21-23-24-25-26-27-29-31-33-35-37-39-41-43-45-51(55)53-49(48-59-60(56,57)58-47-46-52)50(54)44-42-40-38-36-34-32-30-28-22-20-18-16-14-12-10-8-6-4-2/h21,23,34,36,42,44,49-50,54H,3-20,22,24-33,35,37-41,43,45-48,52H2,1-2H3,(H,53,55)(H,56,57)/b23-21-,36-34+,44-42+. The van der Waals surface area contributed by atoms with Crippen LogP contribution in [0.5, 0.6) is 0 Å². The van der Waals surface area contributed by atoms with Crippen molar-refractivity contribution in [1.82, 2.24) is 5.32 Å². The normalized spacial score (nSPS) is 14.2. The number of carbonyl (C=O) groups is 1. The number of unbranched alkanes of at least 4 members (excludes halogenated alkanes) is 32. The lowest BCUT2D eigenvalue weighted by molar-refractivity contribution is -0.123. The van der Waals surface area contributed by atoms with Crippen LogP contribution in [0.15, 0.2) is 36.5 Å². The molecule has 0 heterocycles. The predicted molar refractivity (Wildman–Crippen MR) is 258 cm³/mol. The fourth-order valence-corrected chi connectivity index (χ4v) is 8.32. The van der Waals surface area contributed by atoms with Gasteiger partial charge in [0.05, 0.1) is 25.4 Å². The number of amides is 1. The molecule has 0 aromatic carbocycles. The largest absolute Gasteiger partial charge is 0.472 e. The molecule has 0 rings (SSSR count). The van der Waals surface area contributed by atoms with Crippen LogP contribution in [-0.4, -0.2) is 47.8 Å². The minimum Gasteiger partial charge on any atom is -0.387 e. The van der Waals surface area contributed by atoms with E-state index in [2.05, 4.69) is 43.5 Å². The van der Waals surface area contributed by atoms with E-state index in [1.165, 1.54) is 193 Å². The molecule has 0 saturated heterocycles. The van der Waals surface area contributed by atoms with Gasteiger partial charge in [-0.3, -0.25) is 13.8 Å². The van der Waals surface area contributed by atoms with Crippen molar-refractivity contribution >= 4 is 13.7 Å². The molecule has 0 aromatic heterocycles. The van der Waals surface area contributed by atoms with Crippen LogP contribution in [0.3, 0.4) is 0 Å². The smallest absolute Gasteiger partial charge is 0.387 e. The van der Waals surface area contributed by atoms with E-state index in [9.17, 15) is 19.4 Å². The molecule has 0 aliphatic rings. The van der Waals surface area contributed by atoms with Crippen molar-refractivity contribution in [1.29, 1.82) is 0 Å². The van der Waals surface area contributed by atoms with Gasteiger partial charge in [-0.25, -0.2) is 4.57 Å². The number of hydrogen-bond donors (Lipinski definition) is 4. The van der Waals surface area contributed by atoms with Crippen molar-refractivity contribution in [3.05, 3.63) is 36.5 Å². The predicted octanol–water partition coefficient (Wildman–Crippen LogP) is 15.1. The molecule has 0 aliphatic carbocycles.